The molecule has 1 aliphatic rings. The van der Waals surface area contributed by atoms with Crippen LogP contribution in [-0.4, -0.2) is 54.0 Å². The van der Waals surface area contributed by atoms with Gasteiger partial charge in [0.2, 0.25) is 0 Å². The Morgan fingerprint density at radius 3 is 2.70 bits per heavy atom. The SMILES string of the molecule is CN1CCC(N(C)c2ncnc(NNC(=O)c3ccccc3F)c2N)CC1. The van der Waals surface area contributed by atoms with Gasteiger partial charge in [-0.1, -0.05) is 12.1 Å². The number of rotatable bonds is 5. The molecule has 1 amide bonds. The van der Waals surface area contributed by atoms with E-state index in [2.05, 4.69) is 32.8 Å². The van der Waals surface area contributed by atoms with Crippen LogP contribution in [0, 0.1) is 5.82 Å². The fraction of sp³-hybridized carbons (Fsp3) is 0.389. The fourth-order valence-electron chi connectivity index (χ4n) is 3.15. The van der Waals surface area contributed by atoms with Crippen molar-refractivity contribution in [1.29, 1.82) is 0 Å². The average molecular weight is 373 g/mol. The monoisotopic (exact) mass is 373 g/mol. The second-order valence-corrected chi connectivity index (χ2v) is 6.66. The van der Waals surface area contributed by atoms with Crippen molar-refractivity contribution in [3.05, 3.63) is 42.0 Å². The van der Waals surface area contributed by atoms with Crippen molar-refractivity contribution in [3.63, 3.8) is 0 Å². The molecule has 0 radical (unpaired) electrons. The van der Waals surface area contributed by atoms with Crippen molar-refractivity contribution in [2.24, 2.45) is 0 Å². The van der Waals surface area contributed by atoms with Crippen molar-refractivity contribution >= 4 is 23.2 Å². The second-order valence-electron chi connectivity index (χ2n) is 6.66. The topological polar surface area (TPSA) is 99.4 Å². The molecular formula is C18H24FN7O. The zero-order chi connectivity index (χ0) is 19.4. The number of likely N-dealkylation sites (tertiary alicyclic amines) is 1. The van der Waals surface area contributed by atoms with E-state index in [-0.39, 0.29) is 11.4 Å². The lowest BCUT2D eigenvalue weighted by Crippen LogP contribution is -2.42. The van der Waals surface area contributed by atoms with Gasteiger partial charge in [0, 0.05) is 13.1 Å². The number of hydrazine groups is 1. The third-order valence-electron chi connectivity index (χ3n) is 4.85. The average Bonchev–Trinajstić information content (AvgIpc) is 2.67. The number of benzene rings is 1. The number of anilines is 3. The molecule has 27 heavy (non-hydrogen) atoms. The first kappa shape index (κ1) is 18.8. The predicted octanol–water partition coefficient (Wildman–Crippen LogP) is 1.49. The number of halogens is 1. The van der Waals surface area contributed by atoms with E-state index in [1.165, 1.54) is 24.5 Å². The molecule has 9 heteroatoms. The van der Waals surface area contributed by atoms with Gasteiger partial charge in [-0.15, -0.1) is 0 Å². The first-order chi connectivity index (χ1) is 13.0. The summed E-state index contributed by atoms with van der Waals surface area (Å²) in [5.41, 5.74) is 11.6. The molecule has 0 unspecified atom stereocenters. The summed E-state index contributed by atoms with van der Waals surface area (Å²) < 4.78 is 13.7. The number of nitrogens with two attached hydrogens (primary N) is 1. The van der Waals surface area contributed by atoms with Crippen molar-refractivity contribution in [2.75, 3.05) is 43.2 Å². The predicted molar refractivity (Wildman–Crippen MR) is 103 cm³/mol. The fourth-order valence-corrected chi connectivity index (χ4v) is 3.15. The van der Waals surface area contributed by atoms with Crippen molar-refractivity contribution < 1.29 is 9.18 Å². The maximum absolute atomic E-state index is 13.7. The molecule has 0 aliphatic carbocycles. The largest absolute Gasteiger partial charge is 0.393 e. The summed E-state index contributed by atoms with van der Waals surface area (Å²) in [5, 5.41) is 0. The van der Waals surface area contributed by atoms with Crippen LogP contribution in [0.4, 0.5) is 21.7 Å². The number of piperidine rings is 1. The Morgan fingerprint density at radius 2 is 2.00 bits per heavy atom. The Labute approximate surface area is 157 Å². The molecule has 0 saturated carbocycles. The Morgan fingerprint density at radius 1 is 1.30 bits per heavy atom. The van der Waals surface area contributed by atoms with E-state index in [9.17, 15) is 9.18 Å². The highest BCUT2D eigenvalue weighted by molar-refractivity contribution is 5.95. The number of amides is 1. The molecule has 144 valence electrons. The highest BCUT2D eigenvalue weighted by Gasteiger charge is 2.24. The van der Waals surface area contributed by atoms with Crippen LogP contribution in [0.2, 0.25) is 0 Å². The molecule has 8 nitrogen and oxygen atoms in total. The number of hydrogen-bond donors (Lipinski definition) is 3. The summed E-state index contributed by atoms with van der Waals surface area (Å²) in [6.07, 6.45) is 3.42. The quantitative estimate of drug-likeness (QED) is 0.683. The lowest BCUT2D eigenvalue weighted by Gasteiger charge is -2.36. The van der Waals surface area contributed by atoms with Gasteiger partial charge in [-0.25, -0.2) is 14.4 Å². The second kappa shape index (κ2) is 8.17. The van der Waals surface area contributed by atoms with E-state index in [1.54, 1.807) is 6.07 Å². The number of carbonyl (C=O) groups excluding carboxylic acids is 1. The van der Waals surface area contributed by atoms with E-state index in [0.717, 1.165) is 25.9 Å². The molecule has 1 fully saturated rings. The van der Waals surface area contributed by atoms with Crippen LogP contribution in [-0.2, 0) is 0 Å². The Balaban J connectivity index is 1.69. The molecule has 2 heterocycles. The van der Waals surface area contributed by atoms with E-state index >= 15 is 0 Å². The third kappa shape index (κ3) is 4.25. The third-order valence-corrected chi connectivity index (χ3v) is 4.85. The van der Waals surface area contributed by atoms with E-state index in [1.807, 2.05) is 11.9 Å². The summed E-state index contributed by atoms with van der Waals surface area (Å²) in [4.78, 5) is 24.8. The van der Waals surface area contributed by atoms with Crippen LogP contribution in [0.25, 0.3) is 0 Å². The summed E-state index contributed by atoms with van der Waals surface area (Å²) in [6.45, 7) is 2.04. The summed E-state index contributed by atoms with van der Waals surface area (Å²) >= 11 is 0. The van der Waals surface area contributed by atoms with Crippen molar-refractivity contribution in [3.8, 4) is 0 Å². The van der Waals surface area contributed by atoms with Crippen LogP contribution in [0.15, 0.2) is 30.6 Å². The van der Waals surface area contributed by atoms with E-state index in [0.29, 0.717) is 17.5 Å². The molecule has 2 aromatic rings. The summed E-state index contributed by atoms with van der Waals surface area (Å²) in [5.74, 6) is -0.349. The van der Waals surface area contributed by atoms with Gasteiger partial charge >= 0.3 is 0 Å². The van der Waals surface area contributed by atoms with E-state index in [4.69, 9.17) is 5.73 Å². The summed E-state index contributed by atoms with van der Waals surface area (Å²) in [7, 11) is 4.06. The number of nitrogens with one attached hydrogen (secondary N) is 2. The molecule has 0 atom stereocenters. The first-order valence-corrected chi connectivity index (χ1v) is 8.80. The van der Waals surface area contributed by atoms with Gasteiger partial charge in [0.1, 0.15) is 17.8 Å². The van der Waals surface area contributed by atoms with E-state index < -0.39 is 11.7 Å². The van der Waals surface area contributed by atoms with Crippen LogP contribution in [0.1, 0.15) is 23.2 Å². The van der Waals surface area contributed by atoms with Crippen LogP contribution in [0.3, 0.4) is 0 Å². The number of carbonyl (C=O) groups is 1. The maximum Gasteiger partial charge on any atom is 0.272 e. The first-order valence-electron chi connectivity index (χ1n) is 8.80. The Kier molecular flexibility index (Phi) is 5.70. The lowest BCUT2D eigenvalue weighted by molar-refractivity contribution is 0.0958. The van der Waals surface area contributed by atoms with Crippen LogP contribution >= 0.6 is 0 Å². The Bertz CT molecular complexity index is 808. The number of aromatic nitrogens is 2. The zero-order valence-electron chi connectivity index (χ0n) is 15.4. The smallest absolute Gasteiger partial charge is 0.272 e. The molecule has 1 aliphatic heterocycles. The number of hydrogen-bond acceptors (Lipinski definition) is 7. The number of nitrogens with zero attached hydrogens (tertiary/aromatic N) is 4. The molecule has 1 saturated heterocycles. The van der Waals surface area contributed by atoms with Crippen molar-refractivity contribution in [2.45, 2.75) is 18.9 Å². The molecule has 0 bridgehead atoms. The molecule has 4 N–H and O–H groups in total. The van der Waals surface area contributed by atoms with Gasteiger partial charge in [-0.05, 0) is 45.1 Å². The normalized spacial score (nSPS) is 15.4. The minimum absolute atomic E-state index is 0.0682. The number of nitrogen functional groups attached to an aromatic ring is 1. The van der Waals surface area contributed by atoms with Crippen molar-refractivity contribution in [1.82, 2.24) is 20.3 Å². The van der Waals surface area contributed by atoms with Crippen LogP contribution in [0.5, 0.6) is 0 Å². The highest BCUT2D eigenvalue weighted by Crippen LogP contribution is 2.28. The Hall–Kier alpha value is -2.94. The standard InChI is InChI=1S/C18H24FN7O/c1-25-9-7-12(8-10-25)26(2)17-15(20)16(21-11-22-17)23-24-18(27)13-5-3-4-6-14(13)19/h3-6,11-12H,7-10,20H2,1-2H3,(H,24,27)(H,21,22,23). The van der Waals surface area contributed by atoms with Gasteiger partial charge in [0.25, 0.3) is 5.91 Å². The maximum atomic E-state index is 13.7. The molecule has 1 aromatic carbocycles. The van der Waals surface area contributed by atoms with Gasteiger partial charge in [-0.3, -0.25) is 15.6 Å². The summed E-state index contributed by atoms with van der Waals surface area (Å²) in [6, 6.07) is 6.07. The molecule has 3 rings (SSSR count). The van der Waals surface area contributed by atoms with Gasteiger partial charge in [-0.2, -0.15) is 0 Å². The molecule has 1 aromatic heterocycles. The highest BCUT2D eigenvalue weighted by atomic mass is 19.1. The zero-order valence-corrected chi connectivity index (χ0v) is 15.4. The molecular weight excluding hydrogens is 349 g/mol. The van der Waals surface area contributed by atoms with Crippen LogP contribution < -0.4 is 21.5 Å². The minimum Gasteiger partial charge on any atom is -0.393 e. The minimum atomic E-state index is -0.615. The van der Waals surface area contributed by atoms with Gasteiger partial charge in [0.05, 0.1) is 5.56 Å². The van der Waals surface area contributed by atoms with Gasteiger partial charge in [0.15, 0.2) is 11.6 Å². The molecule has 0 spiro atoms. The lowest BCUT2D eigenvalue weighted by atomic mass is 10.0. The van der Waals surface area contributed by atoms with Gasteiger partial charge < -0.3 is 15.5 Å².